The number of thiophene rings is 1. The van der Waals surface area contributed by atoms with Crippen LogP contribution in [0.3, 0.4) is 0 Å². The SMILES string of the molecule is COC(=O)Cc1ccc(CNCc2cccc(C)n2)s1. The zero-order chi connectivity index (χ0) is 14.4. The molecule has 0 saturated carbocycles. The lowest BCUT2D eigenvalue weighted by Gasteiger charge is -2.03. The molecule has 5 heteroatoms. The van der Waals surface area contributed by atoms with E-state index in [9.17, 15) is 4.79 Å². The second kappa shape index (κ2) is 7.17. The Labute approximate surface area is 122 Å². The number of aromatic nitrogens is 1. The quantitative estimate of drug-likeness (QED) is 0.830. The Morgan fingerprint density at radius 1 is 1.25 bits per heavy atom. The van der Waals surface area contributed by atoms with Gasteiger partial charge in [-0.15, -0.1) is 11.3 Å². The molecule has 0 fully saturated rings. The van der Waals surface area contributed by atoms with Crippen LogP contribution in [-0.4, -0.2) is 18.1 Å². The fourth-order valence-electron chi connectivity index (χ4n) is 1.84. The van der Waals surface area contributed by atoms with E-state index in [0.717, 1.165) is 29.4 Å². The van der Waals surface area contributed by atoms with Crippen LogP contribution in [0.15, 0.2) is 30.3 Å². The predicted molar refractivity (Wildman–Crippen MR) is 79.6 cm³/mol. The average molecular weight is 290 g/mol. The lowest BCUT2D eigenvalue weighted by atomic mass is 10.3. The first-order valence-electron chi connectivity index (χ1n) is 6.45. The van der Waals surface area contributed by atoms with Gasteiger partial charge in [-0.05, 0) is 31.2 Å². The third-order valence-electron chi connectivity index (χ3n) is 2.81. The minimum absolute atomic E-state index is 0.199. The Hall–Kier alpha value is -1.72. The van der Waals surface area contributed by atoms with Crippen LogP contribution >= 0.6 is 11.3 Å². The average Bonchev–Trinajstić information content (AvgIpc) is 2.86. The molecule has 0 spiro atoms. The van der Waals surface area contributed by atoms with Gasteiger partial charge >= 0.3 is 5.97 Å². The van der Waals surface area contributed by atoms with Gasteiger partial charge in [-0.1, -0.05) is 6.07 Å². The van der Waals surface area contributed by atoms with Crippen LogP contribution in [0.25, 0.3) is 0 Å². The molecule has 0 atom stereocenters. The molecule has 0 saturated heterocycles. The number of pyridine rings is 1. The first-order chi connectivity index (χ1) is 9.67. The van der Waals surface area contributed by atoms with Crippen LogP contribution in [0.2, 0.25) is 0 Å². The van der Waals surface area contributed by atoms with Crippen molar-refractivity contribution in [2.24, 2.45) is 0 Å². The highest BCUT2D eigenvalue weighted by Crippen LogP contribution is 2.17. The Balaban J connectivity index is 1.81. The highest BCUT2D eigenvalue weighted by atomic mass is 32.1. The number of esters is 1. The van der Waals surface area contributed by atoms with E-state index < -0.39 is 0 Å². The molecule has 4 nitrogen and oxygen atoms in total. The topological polar surface area (TPSA) is 51.2 Å². The molecule has 2 heterocycles. The maximum absolute atomic E-state index is 11.2. The Bertz CT molecular complexity index is 581. The first kappa shape index (κ1) is 14.7. The van der Waals surface area contributed by atoms with Crippen molar-refractivity contribution in [2.45, 2.75) is 26.4 Å². The second-order valence-electron chi connectivity index (χ2n) is 4.49. The number of ether oxygens (including phenoxy) is 1. The molecule has 0 bridgehead atoms. The van der Waals surface area contributed by atoms with Crippen LogP contribution in [0.4, 0.5) is 0 Å². The number of nitrogens with one attached hydrogen (secondary N) is 1. The van der Waals surface area contributed by atoms with Gasteiger partial charge in [0.05, 0.1) is 19.2 Å². The van der Waals surface area contributed by atoms with Crippen molar-refractivity contribution in [3.8, 4) is 0 Å². The van der Waals surface area contributed by atoms with Crippen LogP contribution in [0.5, 0.6) is 0 Å². The molecule has 0 radical (unpaired) electrons. The van der Waals surface area contributed by atoms with E-state index in [1.54, 1.807) is 11.3 Å². The van der Waals surface area contributed by atoms with Gasteiger partial charge in [0.2, 0.25) is 0 Å². The Morgan fingerprint density at radius 3 is 2.80 bits per heavy atom. The monoisotopic (exact) mass is 290 g/mol. The second-order valence-corrected chi connectivity index (χ2v) is 5.75. The third kappa shape index (κ3) is 4.43. The van der Waals surface area contributed by atoms with Crippen LogP contribution in [0, 0.1) is 6.92 Å². The molecule has 0 unspecified atom stereocenters. The van der Waals surface area contributed by atoms with Crippen LogP contribution < -0.4 is 5.32 Å². The molecule has 0 aliphatic heterocycles. The fourth-order valence-corrected chi connectivity index (χ4v) is 2.81. The van der Waals surface area contributed by atoms with E-state index in [0.29, 0.717) is 6.42 Å². The van der Waals surface area contributed by atoms with Crippen molar-refractivity contribution in [1.29, 1.82) is 0 Å². The lowest BCUT2D eigenvalue weighted by Crippen LogP contribution is -2.13. The number of nitrogens with zero attached hydrogens (tertiary/aromatic N) is 1. The van der Waals surface area contributed by atoms with Gasteiger partial charge in [-0.3, -0.25) is 9.78 Å². The molecular weight excluding hydrogens is 272 g/mol. The van der Waals surface area contributed by atoms with Gasteiger partial charge in [0, 0.05) is 28.5 Å². The fraction of sp³-hybridized carbons (Fsp3) is 0.333. The first-order valence-corrected chi connectivity index (χ1v) is 7.26. The maximum Gasteiger partial charge on any atom is 0.310 e. The van der Waals surface area contributed by atoms with Crippen molar-refractivity contribution in [1.82, 2.24) is 10.3 Å². The van der Waals surface area contributed by atoms with E-state index in [-0.39, 0.29) is 5.97 Å². The highest BCUT2D eigenvalue weighted by molar-refractivity contribution is 7.12. The lowest BCUT2D eigenvalue weighted by molar-refractivity contribution is -0.139. The van der Waals surface area contributed by atoms with E-state index in [4.69, 9.17) is 0 Å². The van der Waals surface area contributed by atoms with Gasteiger partial charge in [-0.2, -0.15) is 0 Å². The molecule has 0 aromatic carbocycles. The zero-order valence-electron chi connectivity index (χ0n) is 11.7. The smallest absolute Gasteiger partial charge is 0.310 e. The van der Waals surface area contributed by atoms with Gasteiger partial charge in [0.1, 0.15) is 0 Å². The Morgan fingerprint density at radius 2 is 2.05 bits per heavy atom. The molecule has 0 amide bonds. The largest absolute Gasteiger partial charge is 0.469 e. The molecule has 2 aromatic rings. The summed E-state index contributed by atoms with van der Waals surface area (Å²) in [5.41, 5.74) is 2.07. The summed E-state index contributed by atoms with van der Waals surface area (Å²) < 4.78 is 4.66. The number of aryl methyl sites for hydroxylation is 1. The minimum Gasteiger partial charge on any atom is -0.469 e. The molecule has 0 aliphatic rings. The van der Waals surface area contributed by atoms with Crippen LogP contribution in [-0.2, 0) is 29.0 Å². The van der Waals surface area contributed by atoms with Gasteiger partial charge in [0.15, 0.2) is 0 Å². The van der Waals surface area contributed by atoms with Gasteiger partial charge < -0.3 is 10.1 Å². The van der Waals surface area contributed by atoms with Crippen LogP contribution in [0.1, 0.15) is 21.1 Å². The molecule has 106 valence electrons. The predicted octanol–water partition coefficient (Wildman–Crippen LogP) is 2.46. The summed E-state index contributed by atoms with van der Waals surface area (Å²) in [6.07, 6.45) is 0.348. The Kier molecular flexibility index (Phi) is 5.26. The van der Waals surface area contributed by atoms with Gasteiger partial charge in [-0.25, -0.2) is 0 Å². The maximum atomic E-state index is 11.2. The van der Waals surface area contributed by atoms with Crippen molar-refractivity contribution < 1.29 is 9.53 Å². The standard InChI is InChI=1S/C15H18N2O2S/c1-11-4-3-5-12(17-11)9-16-10-14-7-6-13(20-14)8-15(18)19-2/h3-7,16H,8-10H2,1-2H3. The van der Waals surface area contributed by atoms with Crippen molar-refractivity contribution in [3.05, 3.63) is 51.5 Å². The van der Waals surface area contributed by atoms with E-state index in [2.05, 4.69) is 15.0 Å². The van der Waals surface area contributed by atoms with E-state index >= 15 is 0 Å². The zero-order valence-corrected chi connectivity index (χ0v) is 12.5. The van der Waals surface area contributed by atoms with Crippen molar-refractivity contribution in [3.63, 3.8) is 0 Å². The number of hydrogen-bond donors (Lipinski definition) is 1. The summed E-state index contributed by atoms with van der Waals surface area (Å²) in [4.78, 5) is 17.9. The molecular formula is C15H18N2O2S. The summed E-state index contributed by atoms with van der Waals surface area (Å²) in [7, 11) is 1.41. The van der Waals surface area contributed by atoms with Crippen molar-refractivity contribution in [2.75, 3.05) is 7.11 Å². The molecule has 1 N–H and O–H groups in total. The molecule has 20 heavy (non-hydrogen) atoms. The number of carbonyl (C=O) groups is 1. The molecule has 2 aromatic heterocycles. The summed E-state index contributed by atoms with van der Waals surface area (Å²) in [6, 6.07) is 10.0. The summed E-state index contributed by atoms with van der Waals surface area (Å²) >= 11 is 1.63. The molecule has 2 rings (SSSR count). The number of carbonyl (C=O) groups excluding carboxylic acids is 1. The van der Waals surface area contributed by atoms with E-state index in [1.165, 1.54) is 12.0 Å². The normalized spacial score (nSPS) is 10.5. The number of methoxy groups -OCH3 is 1. The highest BCUT2D eigenvalue weighted by Gasteiger charge is 2.06. The molecule has 0 aliphatic carbocycles. The van der Waals surface area contributed by atoms with Crippen molar-refractivity contribution >= 4 is 17.3 Å². The van der Waals surface area contributed by atoms with E-state index in [1.807, 2.05) is 37.3 Å². The number of rotatable bonds is 6. The summed E-state index contributed by atoms with van der Waals surface area (Å²) in [6.45, 7) is 3.51. The minimum atomic E-state index is -0.199. The summed E-state index contributed by atoms with van der Waals surface area (Å²) in [5, 5.41) is 3.36. The summed E-state index contributed by atoms with van der Waals surface area (Å²) in [5.74, 6) is -0.199. The van der Waals surface area contributed by atoms with Gasteiger partial charge in [0.25, 0.3) is 0 Å². The number of hydrogen-bond acceptors (Lipinski definition) is 5. The third-order valence-corrected chi connectivity index (χ3v) is 3.90.